The lowest BCUT2D eigenvalue weighted by Gasteiger charge is -2.12. The fraction of sp³-hybridized carbons (Fsp3) is 0.364. The summed E-state index contributed by atoms with van der Waals surface area (Å²) in [7, 11) is 2.82. The van der Waals surface area contributed by atoms with E-state index >= 15 is 0 Å². The van der Waals surface area contributed by atoms with Crippen LogP contribution in [0, 0.1) is 10.1 Å². The van der Waals surface area contributed by atoms with Gasteiger partial charge in [0.2, 0.25) is 0 Å². The number of methoxy groups -OCH3 is 2. The SMILES string of the molecule is COCOc1cc(C=O)c([N+](=O)[O-])cc1OCOC. The summed E-state index contributed by atoms with van der Waals surface area (Å²) in [6.07, 6.45) is 0.373. The van der Waals surface area contributed by atoms with Gasteiger partial charge < -0.3 is 18.9 Å². The molecule has 0 heterocycles. The number of nitro groups is 1. The summed E-state index contributed by atoms with van der Waals surface area (Å²) < 4.78 is 19.8. The minimum absolute atomic E-state index is 0.0839. The number of hydrogen-bond acceptors (Lipinski definition) is 7. The zero-order chi connectivity index (χ0) is 14.3. The lowest BCUT2D eigenvalue weighted by molar-refractivity contribution is -0.385. The Labute approximate surface area is 109 Å². The number of rotatable bonds is 8. The zero-order valence-corrected chi connectivity index (χ0v) is 10.5. The highest BCUT2D eigenvalue weighted by atomic mass is 16.7. The van der Waals surface area contributed by atoms with Crippen molar-refractivity contribution in [1.29, 1.82) is 0 Å². The minimum Gasteiger partial charge on any atom is -0.464 e. The van der Waals surface area contributed by atoms with Crippen LogP contribution in [0.15, 0.2) is 12.1 Å². The third-order valence-electron chi connectivity index (χ3n) is 2.08. The average Bonchev–Trinajstić information content (AvgIpc) is 2.42. The van der Waals surface area contributed by atoms with E-state index in [1.807, 2.05) is 0 Å². The van der Waals surface area contributed by atoms with Crippen LogP contribution in [-0.4, -0.2) is 39.0 Å². The van der Waals surface area contributed by atoms with Crippen molar-refractivity contribution in [3.63, 3.8) is 0 Å². The van der Waals surface area contributed by atoms with Crippen molar-refractivity contribution < 1.29 is 28.7 Å². The van der Waals surface area contributed by atoms with Crippen molar-refractivity contribution in [3.8, 4) is 11.5 Å². The molecule has 0 saturated heterocycles. The molecule has 0 spiro atoms. The van der Waals surface area contributed by atoms with E-state index in [1.54, 1.807) is 0 Å². The molecule has 0 bridgehead atoms. The Balaban J connectivity index is 3.17. The molecule has 0 N–H and O–H groups in total. The summed E-state index contributed by atoms with van der Waals surface area (Å²) in [5.74, 6) is 0.253. The van der Waals surface area contributed by atoms with Crippen LogP contribution < -0.4 is 9.47 Å². The predicted octanol–water partition coefficient (Wildman–Crippen LogP) is 1.37. The van der Waals surface area contributed by atoms with Gasteiger partial charge in [-0.2, -0.15) is 0 Å². The molecule has 1 aromatic carbocycles. The summed E-state index contributed by atoms with van der Waals surface area (Å²) >= 11 is 0. The maximum Gasteiger partial charge on any atom is 0.283 e. The van der Waals surface area contributed by atoms with Gasteiger partial charge in [0.25, 0.3) is 5.69 Å². The molecule has 0 atom stereocenters. The van der Waals surface area contributed by atoms with Gasteiger partial charge in [-0.15, -0.1) is 0 Å². The Hall–Kier alpha value is -2.19. The Kier molecular flexibility index (Phi) is 5.71. The quantitative estimate of drug-likeness (QED) is 0.305. The molecule has 0 aliphatic carbocycles. The fourth-order valence-electron chi connectivity index (χ4n) is 1.29. The largest absolute Gasteiger partial charge is 0.464 e. The molecule has 0 radical (unpaired) electrons. The normalized spacial score (nSPS) is 10.0. The highest BCUT2D eigenvalue weighted by molar-refractivity contribution is 5.83. The highest BCUT2D eigenvalue weighted by Gasteiger charge is 2.19. The molecule has 19 heavy (non-hydrogen) atoms. The van der Waals surface area contributed by atoms with Crippen molar-refractivity contribution in [1.82, 2.24) is 0 Å². The van der Waals surface area contributed by atoms with Crippen LogP contribution >= 0.6 is 0 Å². The van der Waals surface area contributed by atoms with E-state index in [0.717, 1.165) is 6.07 Å². The summed E-state index contributed by atoms with van der Waals surface area (Å²) in [6.45, 7) is -0.194. The van der Waals surface area contributed by atoms with Crippen molar-refractivity contribution in [2.75, 3.05) is 27.8 Å². The van der Waals surface area contributed by atoms with Crippen molar-refractivity contribution in [2.24, 2.45) is 0 Å². The van der Waals surface area contributed by atoms with Crippen LogP contribution in [0.1, 0.15) is 10.4 Å². The van der Waals surface area contributed by atoms with Gasteiger partial charge in [0, 0.05) is 20.3 Å². The molecule has 1 rings (SSSR count). The topological polar surface area (TPSA) is 97.1 Å². The molecule has 0 aliphatic heterocycles. The number of nitro benzene ring substituents is 1. The van der Waals surface area contributed by atoms with Crippen LogP contribution in [0.3, 0.4) is 0 Å². The Bertz CT molecular complexity index is 461. The van der Waals surface area contributed by atoms with Crippen LogP contribution in [-0.2, 0) is 9.47 Å². The molecule has 0 saturated carbocycles. The first-order valence-electron chi connectivity index (χ1n) is 5.15. The first-order valence-corrected chi connectivity index (χ1v) is 5.15. The second kappa shape index (κ2) is 7.29. The molecule has 0 unspecified atom stereocenters. The van der Waals surface area contributed by atoms with Crippen molar-refractivity contribution in [2.45, 2.75) is 0 Å². The number of carbonyl (C=O) groups is 1. The summed E-state index contributed by atoms with van der Waals surface area (Å²) in [5, 5.41) is 10.8. The van der Waals surface area contributed by atoms with E-state index in [1.165, 1.54) is 20.3 Å². The average molecular weight is 271 g/mol. The van der Waals surface area contributed by atoms with Gasteiger partial charge >= 0.3 is 0 Å². The Morgan fingerprint density at radius 3 is 2.11 bits per heavy atom. The summed E-state index contributed by atoms with van der Waals surface area (Å²) in [5.41, 5.74) is -0.480. The van der Waals surface area contributed by atoms with Gasteiger partial charge in [-0.05, 0) is 0 Å². The monoisotopic (exact) mass is 271 g/mol. The Morgan fingerprint density at radius 2 is 1.68 bits per heavy atom. The first kappa shape index (κ1) is 14.9. The number of nitrogens with zero attached hydrogens (tertiary/aromatic N) is 1. The fourth-order valence-corrected chi connectivity index (χ4v) is 1.29. The van der Waals surface area contributed by atoms with Gasteiger partial charge in [0.15, 0.2) is 31.4 Å². The molecule has 104 valence electrons. The lowest BCUT2D eigenvalue weighted by atomic mass is 10.1. The van der Waals surface area contributed by atoms with Crippen molar-refractivity contribution >= 4 is 12.0 Å². The molecule has 8 nitrogen and oxygen atoms in total. The van der Waals surface area contributed by atoms with E-state index in [4.69, 9.17) is 18.9 Å². The predicted molar refractivity (Wildman–Crippen MR) is 63.5 cm³/mol. The number of carbonyl (C=O) groups excluding carboxylic acids is 1. The van der Waals surface area contributed by atoms with Crippen LogP contribution in [0.25, 0.3) is 0 Å². The smallest absolute Gasteiger partial charge is 0.283 e. The third kappa shape index (κ3) is 3.90. The van der Waals surface area contributed by atoms with Crippen LogP contribution in [0.4, 0.5) is 5.69 Å². The summed E-state index contributed by atoms with van der Waals surface area (Å²) in [4.78, 5) is 21.0. The van der Waals surface area contributed by atoms with Crippen LogP contribution in [0.2, 0.25) is 0 Å². The van der Waals surface area contributed by atoms with Gasteiger partial charge in [-0.3, -0.25) is 14.9 Å². The molecule has 0 aromatic heterocycles. The molecule has 8 heteroatoms. The Morgan fingerprint density at radius 1 is 1.16 bits per heavy atom. The molecule has 0 amide bonds. The highest BCUT2D eigenvalue weighted by Crippen LogP contribution is 2.34. The minimum atomic E-state index is -0.677. The van der Waals surface area contributed by atoms with E-state index in [2.05, 4.69) is 0 Å². The number of benzene rings is 1. The van der Waals surface area contributed by atoms with Gasteiger partial charge in [-0.25, -0.2) is 0 Å². The third-order valence-corrected chi connectivity index (χ3v) is 2.08. The van der Waals surface area contributed by atoms with E-state index < -0.39 is 4.92 Å². The standard InChI is InChI=1S/C11H13NO7/c1-16-6-18-10-3-8(5-13)9(12(14)15)4-11(10)19-7-17-2/h3-5H,6-7H2,1-2H3. The second-order valence-corrected chi connectivity index (χ2v) is 3.33. The van der Waals surface area contributed by atoms with E-state index in [0.29, 0.717) is 6.29 Å². The summed E-state index contributed by atoms with van der Waals surface area (Å²) in [6, 6.07) is 2.32. The number of ether oxygens (including phenoxy) is 4. The zero-order valence-electron chi connectivity index (χ0n) is 10.5. The maximum atomic E-state index is 10.8. The van der Waals surface area contributed by atoms with Gasteiger partial charge in [0.05, 0.1) is 16.6 Å². The van der Waals surface area contributed by atoms with Crippen LogP contribution in [0.5, 0.6) is 11.5 Å². The first-order chi connectivity index (χ1) is 9.13. The molecular weight excluding hydrogens is 258 g/mol. The van der Waals surface area contributed by atoms with E-state index in [9.17, 15) is 14.9 Å². The van der Waals surface area contributed by atoms with E-state index in [-0.39, 0.29) is 36.3 Å². The molecule has 0 fully saturated rings. The number of aldehydes is 1. The molecular formula is C11H13NO7. The lowest BCUT2D eigenvalue weighted by Crippen LogP contribution is -2.06. The van der Waals surface area contributed by atoms with Gasteiger partial charge in [-0.1, -0.05) is 0 Å². The molecule has 1 aromatic rings. The van der Waals surface area contributed by atoms with Gasteiger partial charge in [0.1, 0.15) is 0 Å². The number of hydrogen-bond donors (Lipinski definition) is 0. The molecule has 0 aliphatic rings. The van der Waals surface area contributed by atoms with Crippen molar-refractivity contribution in [3.05, 3.63) is 27.8 Å². The second-order valence-electron chi connectivity index (χ2n) is 3.33. The maximum absolute atomic E-state index is 10.8.